The highest BCUT2D eigenvalue weighted by Gasteiger charge is 2.43. The fraction of sp³-hybridized carbons (Fsp3) is 0.650. The maximum absolute atomic E-state index is 12.1. The number of fused-ring (bicyclic) bond motifs is 1. The summed E-state index contributed by atoms with van der Waals surface area (Å²) < 4.78 is 0. The Morgan fingerprint density at radius 3 is 2.42 bits per heavy atom. The van der Waals surface area contributed by atoms with Gasteiger partial charge in [-0.15, -0.1) is 0 Å². The highest BCUT2D eigenvalue weighted by atomic mass is 16.2. The Labute approximate surface area is 145 Å². The third kappa shape index (κ3) is 2.76. The average molecular weight is 327 g/mol. The van der Waals surface area contributed by atoms with Crippen LogP contribution in [-0.4, -0.2) is 72.5 Å². The Kier molecular flexibility index (Phi) is 4.13. The van der Waals surface area contributed by atoms with Gasteiger partial charge >= 0.3 is 0 Å². The van der Waals surface area contributed by atoms with Crippen molar-refractivity contribution in [1.29, 1.82) is 0 Å². The minimum absolute atomic E-state index is 0.174. The monoisotopic (exact) mass is 327 g/mol. The average Bonchev–Trinajstić information content (AvgIpc) is 2.97. The molecule has 24 heavy (non-hydrogen) atoms. The number of carbonyl (C=O) groups excluding carboxylic acids is 1. The SMILES string of the molecule is CN1CC[C@@]2(CCC1=O)CN(C1Cc3ccccc3C1)CCN2C. The maximum Gasteiger partial charge on any atom is 0.222 e. The number of piperazine rings is 1. The lowest BCUT2D eigenvalue weighted by Crippen LogP contribution is -2.63. The van der Waals surface area contributed by atoms with Crippen molar-refractivity contribution in [3.63, 3.8) is 0 Å². The molecule has 1 aromatic rings. The lowest BCUT2D eigenvalue weighted by molar-refractivity contribution is -0.129. The first-order valence-corrected chi connectivity index (χ1v) is 9.33. The molecular formula is C20H29N3O. The second kappa shape index (κ2) is 6.16. The van der Waals surface area contributed by atoms with Crippen LogP contribution in [0.4, 0.5) is 0 Å². The molecule has 0 bridgehead atoms. The number of likely N-dealkylation sites (N-methyl/N-ethyl adjacent to an activating group) is 1. The first-order chi connectivity index (χ1) is 11.6. The van der Waals surface area contributed by atoms with Gasteiger partial charge in [-0.3, -0.25) is 14.6 Å². The standard InChI is InChI=1S/C20H29N3O/c1-21-10-9-20(8-7-19(21)24)15-23(12-11-22(20)2)18-13-16-5-3-4-6-17(16)14-18/h3-6,18H,7-15H2,1-2H3/t20-/m0/s1. The first-order valence-electron chi connectivity index (χ1n) is 9.33. The summed E-state index contributed by atoms with van der Waals surface area (Å²) in [5.41, 5.74) is 3.24. The van der Waals surface area contributed by atoms with Crippen LogP contribution in [0.1, 0.15) is 30.4 Å². The molecule has 1 aliphatic carbocycles. The molecule has 3 aliphatic rings. The van der Waals surface area contributed by atoms with Gasteiger partial charge in [-0.25, -0.2) is 0 Å². The van der Waals surface area contributed by atoms with Crippen LogP contribution < -0.4 is 0 Å². The Hall–Kier alpha value is -1.39. The van der Waals surface area contributed by atoms with Crippen molar-refractivity contribution in [3.05, 3.63) is 35.4 Å². The van der Waals surface area contributed by atoms with Gasteiger partial charge in [-0.05, 0) is 43.9 Å². The van der Waals surface area contributed by atoms with Gasteiger partial charge < -0.3 is 4.90 Å². The molecule has 0 unspecified atom stereocenters. The normalized spacial score (nSPS) is 29.9. The summed E-state index contributed by atoms with van der Waals surface area (Å²) in [6.45, 7) is 4.27. The highest BCUT2D eigenvalue weighted by Crippen LogP contribution is 2.35. The fourth-order valence-electron chi connectivity index (χ4n) is 4.89. The van der Waals surface area contributed by atoms with Crippen LogP contribution in [0, 0.1) is 0 Å². The third-order valence-corrected chi connectivity index (χ3v) is 6.72. The van der Waals surface area contributed by atoms with Crippen molar-refractivity contribution < 1.29 is 4.79 Å². The molecule has 4 nitrogen and oxygen atoms in total. The van der Waals surface area contributed by atoms with Gasteiger partial charge in [-0.1, -0.05) is 24.3 Å². The van der Waals surface area contributed by atoms with Crippen molar-refractivity contribution in [3.8, 4) is 0 Å². The van der Waals surface area contributed by atoms with Crippen molar-refractivity contribution in [2.45, 2.75) is 43.7 Å². The van der Waals surface area contributed by atoms with Crippen LogP contribution in [0.2, 0.25) is 0 Å². The molecule has 0 radical (unpaired) electrons. The van der Waals surface area contributed by atoms with Crippen LogP contribution >= 0.6 is 0 Å². The van der Waals surface area contributed by atoms with Crippen LogP contribution in [0.3, 0.4) is 0 Å². The molecule has 1 spiro atoms. The Morgan fingerprint density at radius 1 is 1.00 bits per heavy atom. The number of amides is 1. The number of benzene rings is 1. The van der Waals surface area contributed by atoms with E-state index in [4.69, 9.17) is 0 Å². The van der Waals surface area contributed by atoms with E-state index in [-0.39, 0.29) is 5.54 Å². The smallest absolute Gasteiger partial charge is 0.222 e. The molecule has 0 aromatic heterocycles. The van der Waals surface area contributed by atoms with Crippen molar-refractivity contribution in [2.24, 2.45) is 0 Å². The number of carbonyl (C=O) groups is 1. The van der Waals surface area contributed by atoms with E-state index in [1.54, 1.807) is 0 Å². The lowest BCUT2D eigenvalue weighted by atomic mass is 9.85. The summed E-state index contributed by atoms with van der Waals surface area (Å²) in [4.78, 5) is 19.3. The van der Waals surface area contributed by atoms with Gasteiger partial charge in [-0.2, -0.15) is 0 Å². The van der Waals surface area contributed by atoms with Crippen molar-refractivity contribution in [2.75, 3.05) is 40.3 Å². The third-order valence-electron chi connectivity index (χ3n) is 6.72. The molecule has 2 fully saturated rings. The van der Waals surface area contributed by atoms with Crippen molar-refractivity contribution in [1.82, 2.24) is 14.7 Å². The summed E-state index contributed by atoms with van der Waals surface area (Å²) in [7, 11) is 4.21. The van der Waals surface area contributed by atoms with Crippen LogP contribution in [0.5, 0.6) is 0 Å². The largest absolute Gasteiger partial charge is 0.346 e. The molecule has 1 atom stereocenters. The number of hydrogen-bond donors (Lipinski definition) is 0. The summed E-state index contributed by atoms with van der Waals surface area (Å²) in [6.07, 6.45) is 5.17. The molecule has 4 rings (SSSR count). The highest BCUT2D eigenvalue weighted by molar-refractivity contribution is 5.76. The van der Waals surface area contributed by atoms with E-state index < -0.39 is 0 Å². The van der Waals surface area contributed by atoms with Crippen LogP contribution in [0.25, 0.3) is 0 Å². The zero-order valence-electron chi connectivity index (χ0n) is 15.0. The molecule has 2 aliphatic heterocycles. The van der Waals surface area contributed by atoms with E-state index in [2.05, 4.69) is 41.1 Å². The number of rotatable bonds is 1. The molecule has 0 saturated carbocycles. The van der Waals surface area contributed by atoms with Gasteiger partial charge in [0.05, 0.1) is 0 Å². The molecule has 4 heteroatoms. The van der Waals surface area contributed by atoms with Gasteiger partial charge in [0.1, 0.15) is 0 Å². The zero-order valence-corrected chi connectivity index (χ0v) is 15.0. The van der Waals surface area contributed by atoms with Gasteiger partial charge in [0.25, 0.3) is 0 Å². The number of likely N-dealkylation sites (tertiary alicyclic amines) is 1. The molecular weight excluding hydrogens is 298 g/mol. The second-order valence-electron chi connectivity index (χ2n) is 8.01. The maximum atomic E-state index is 12.1. The summed E-state index contributed by atoms with van der Waals surface area (Å²) in [5.74, 6) is 0.311. The Morgan fingerprint density at radius 2 is 1.71 bits per heavy atom. The van der Waals surface area contributed by atoms with Crippen LogP contribution in [-0.2, 0) is 17.6 Å². The van der Waals surface area contributed by atoms with Crippen LogP contribution in [0.15, 0.2) is 24.3 Å². The Bertz CT molecular complexity index is 606. The second-order valence-corrected chi connectivity index (χ2v) is 8.01. The first kappa shape index (κ1) is 16.1. The van der Waals surface area contributed by atoms with E-state index >= 15 is 0 Å². The zero-order chi connectivity index (χ0) is 16.7. The van der Waals surface area contributed by atoms with E-state index in [0.29, 0.717) is 18.4 Å². The van der Waals surface area contributed by atoms with E-state index in [1.165, 1.54) is 24.0 Å². The molecule has 1 aromatic carbocycles. The van der Waals surface area contributed by atoms with E-state index in [9.17, 15) is 4.79 Å². The quantitative estimate of drug-likeness (QED) is 0.787. The Balaban J connectivity index is 1.50. The molecule has 0 N–H and O–H groups in total. The van der Waals surface area contributed by atoms with Gasteiger partial charge in [0.2, 0.25) is 5.91 Å². The summed E-state index contributed by atoms with van der Waals surface area (Å²) in [6, 6.07) is 9.56. The predicted octanol–water partition coefficient (Wildman–Crippen LogP) is 1.78. The minimum Gasteiger partial charge on any atom is -0.346 e. The minimum atomic E-state index is 0.174. The van der Waals surface area contributed by atoms with E-state index in [0.717, 1.165) is 39.0 Å². The number of nitrogens with zero attached hydrogens (tertiary/aromatic N) is 3. The van der Waals surface area contributed by atoms with Gasteiger partial charge in [0, 0.05) is 51.2 Å². The molecule has 130 valence electrons. The lowest BCUT2D eigenvalue weighted by Gasteiger charge is -2.51. The molecule has 1 amide bonds. The molecule has 2 heterocycles. The number of hydrogen-bond acceptors (Lipinski definition) is 3. The predicted molar refractivity (Wildman–Crippen MR) is 96.1 cm³/mol. The summed E-state index contributed by atoms with van der Waals surface area (Å²) >= 11 is 0. The van der Waals surface area contributed by atoms with Crippen molar-refractivity contribution >= 4 is 5.91 Å². The van der Waals surface area contributed by atoms with E-state index in [1.807, 2.05) is 11.9 Å². The fourth-order valence-corrected chi connectivity index (χ4v) is 4.89. The molecule has 2 saturated heterocycles. The summed E-state index contributed by atoms with van der Waals surface area (Å²) in [5, 5.41) is 0. The topological polar surface area (TPSA) is 26.8 Å². The van der Waals surface area contributed by atoms with Gasteiger partial charge in [0.15, 0.2) is 0 Å².